The first-order chi connectivity index (χ1) is 10.7. The van der Waals surface area contributed by atoms with E-state index in [9.17, 15) is 19.2 Å². The van der Waals surface area contributed by atoms with Crippen LogP contribution in [0.4, 0.5) is 4.79 Å². The van der Waals surface area contributed by atoms with E-state index in [2.05, 4.69) is 5.32 Å². The summed E-state index contributed by atoms with van der Waals surface area (Å²) in [5, 5.41) is 11.2. The minimum atomic E-state index is -1.35. The first kappa shape index (κ1) is 21.8. The quantitative estimate of drug-likeness (QED) is 0.418. The predicted molar refractivity (Wildman–Crippen MR) is 88.6 cm³/mol. The standard InChI is InChI=1S/C17H27NO6/c1-16(2,3)8-7-11(10-19)14(22)12(9-13(20)21)18-15(23)24-17(4,5)6/h7-8,10-12H,9H2,1-6H3,(H,18,23)(H,20,21)/t11?,12-/m0/s1. The highest BCUT2D eigenvalue weighted by molar-refractivity contribution is 6.01. The molecule has 0 aliphatic rings. The van der Waals surface area contributed by atoms with E-state index >= 15 is 0 Å². The number of ketones is 1. The second-order valence-electron chi connectivity index (χ2n) is 7.59. The molecule has 0 aliphatic carbocycles. The number of aliphatic carboxylic acids is 1. The van der Waals surface area contributed by atoms with Gasteiger partial charge in [-0.1, -0.05) is 32.9 Å². The van der Waals surface area contributed by atoms with Crippen LogP contribution in [0.1, 0.15) is 48.0 Å². The Balaban J connectivity index is 5.23. The van der Waals surface area contributed by atoms with Crippen LogP contribution >= 0.6 is 0 Å². The summed E-state index contributed by atoms with van der Waals surface area (Å²) >= 11 is 0. The number of hydrogen-bond acceptors (Lipinski definition) is 5. The van der Waals surface area contributed by atoms with Gasteiger partial charge in [0.05, 0.1) is 12.3 Å². The predicted octanol–water partition coefficient (Wildman–Crippen LogP) is 2.34. The maximum atomic E-state index is 12.4. The Morgan fingerprint density at radius 2 is 1.67 bits per heavy atom. The third-order valence-electron chi connectivity index (χ3n) is 2.69. The average molecular weight is 341 g/mol. The SMILES string of the molecule is CC(C)(C)C=CC(C=O)C(=O)[C@H](CC(=O)O)NC(=O)OC(C)(C)C. The fourth-order valence-corrected chi connectivity index (χ4v) is 1.68. The zero-order chi connectivity index (χ0) is 19.1. The van der Waals surface area contributed by atoms with Gasteiger partial charge in [0.15, 0.2) is 5.78 Å². The molecule has 2 N–H and O–H groups in total. The normalized spacial score (nSPS) is 14.8. The lowest BCUT2D eigenvalue weighted by molar-refractivity contribution is -0.140. The zero-order valence-electron chi connectivity index (χ0n) is 15.1. The number of carboxylic acid groups (broad SMARTS) is 1. The number of alkyl carbamates (subject to hydrolysis) is 1. The molecule has 0 aromatic carbocycles. The van der Waals surface area contributed by atoms with Crippen LogP contribution in [0.25, 0.3) is 0 Å². The molecule has 0 aromatic heterocycles. The van der Waals surface area contributed by atoms with Gasteiger partial charge in [0, 0.05) is 0 Å². The summed E-state index contributed by atoms with van der Waals surface area (Å²) in [5.74, 6) is -3.10. The lowest BCUT2D eigenvalue weighted by atomic mass is 9.91. The van der Waals surface area contributed by atoms with E-state index < -0.39 is 41.8 Å². The molecule has 0 saturated carbocycles. The van der Waals surface area contributed by atoms with E-state index in [0.29, 0.717) is 6.29 Å². The van der Waals surface area contributed by atoms with Gasteiger partial charge in [-0.25, -0.2) is 4.79 Å². The minimum absolute atomic E-state index is 0.248. The topological polar surface area (TPSA) is 110 Å². The Bertz CT molecular complexity index is 510. The van der Waals surface area contributed by atoms with Gasteiger partial charge in [0.1, 0.15) is 17.9 Å². The van der Waals surface area contributed by atoms with Crippen LogP contribution in [0.15, 0.2) is 12.2 Å². The maximum Gasteiger partial charge on any atom is 0.408 e. The van der Waals surface area contributed by atoms with Gasteiger partial charge in [0.2, 0.25) is 0 Å². The van der Waals surface area contributed by atoms with Gasteiger partial charge in [-0.3, -0.25) is 9.59 Å². The molecule has 0 rings (SSSR count). The number of rotatable bonds is 7. The molecule has 0 fully saturated rings. The van der Waals surface area contributed by atoms with E-state index in [0.717, 1.165) is 0 Å². The largest absolute Gasteiger partial charge is 0.481 e. The van der Waals surface area contributed by atoms with Gasteiger partial charge in [0.25, 0.3) is 0 Å². The molecule has 136 valence electrons. The number of ether oxygens (including phenoxy) is 1. The second-order valence-corrected chi connectivity index (χ2v) is 7.59. The number of Topliss-reactive ketones (excluding diaryl/α,β-unsaturated/α-hetero) is 1. The Kier molecular flexibility index (Phi) is 7.83. The van der Waals surface area contributed by atoms with E-state index in [4.69, 9.17) is 9.84 Å². The van der Waals surface area contributed by atoms with Gasteiger partial charge in [-0.15, -0.1) is 0 Å². The first-order valence-corrected chi connectivity index (χ1v) is 7.65. The summed E-state index contributed by atoms with van der Waals surface area (Å²) in [6.45, 7) is 10.6. The second kappa shape index (κ2) is 8.61. The fourth-order valence-electron chi connectivity index (χ4n) is 1.68. The number of aldehydes is 1. The number of allylic oxidation sites excluding steroid dienone is 2. The molecular weight excluding hydrogens is 314 g/mol. The molecule has 0 spiro atoms. The van der Waals surface area contributed by atoms with Crippen molar-refractivity contribution in [2.24, 2.45) is 11.3 Å². The molecule has 0 bridgehead atoms. The van der Waals surface area contributed by atoms with Crippen molar-refractivity contribution in [2.45, 2.75) is 59.6 Å². The number of carbonyl (C=O) groups is 4. The van der Waals surface area contributed by atoms with Gasteiger partial charge in [-0.05, 0) is 26.2 Å². The molecule has 0 saturated heterocycles. The maximum absolute atomic E-state index is 12.4. The number of nitrogens with one attached hydrogen (secondary N) is 1. The Morgan fingerprint density at radius 1 is 1.12 bits per heavy atom. The smallest absolute Gasteiger partial charge is 0.408 e. The highest BCUT2D eigenvalue weighted by atomic mass is 16.6. The summed E-state index contributed by atoms with van der Waals surface area (Å²) in [4.78, 5) is 46.4. The van der Waals surface area contributed by atoms with Crippen LogP contribution < -0.4 is 5.32 Å². The Morgan fingerprint density at radius 3 is 2.04 bits per heavy atom. The first-order valence-electron chi connectivity index (χ1n) is 7.65. The van der Waals surface area contributed by atoms with Crippen molar-refractivity contribution in [3.63, 3.8) is 0 Å². The molecule has 24 heavy (non-hydrogen) atoms. The highest BCUT2D eigenvalue weighted by Crippen LogP contribution is 2.17. The van der Waals surface area contributed by atoms with Crippen LogP contribution in [0.2, 0.25) is 0 Å². The van der Waals surface area contributed by atoms with Gasteiger partial charge >= 0.3 is 12.1 Å². The molecule has 7 nitrogen and oxygen atoms in total. The summed E-state index contributed by atoms with van der Waals surface area (Å²) in [7, 11) is 0. The third-order valence-corrected chi connectivity index (χ3v) is 2.69. The van der Waals surface area contributed by atoms with Crippen LogP contribution in [-0.2, 0) is 19.1 Å². The van der Waals surface area contributed by atoms with Crippen molar-refractivity contribution in [3.8, 4) is 0 Å². The van der Waals surface area contributed by atoms with Crippen molar-refractivity contribution < 1.29 is 29.0 Å². The van der Waals surface area contributed by atoms with Crippen LogP contribution in [-0.4, -0.2) is 40.9 Å². The fraction of sp³-hybridized carbons (Fsp3) is 0.647. The van der Waals surface area contributed by atoms with E-state index in [1.54, 1.807) is 26.8 Å². The molecular formula is C17H27NO6. The summed E-state index contributed by atoms with van der Waals surface area (Å²) in [6.07, 6.45) is 1.99. The number of carbonyl (C=O) groups excluding carboxylic acids is 3. The van der Waals surface area contributed by atoms with Gasteiger partial charge < -0.3 is 20.0 Å². The van der Waals surface area contributed by atoms with E-state index in [1.807, 2.05) is 20.8 Å². The minimum Gasteiger partial charge on any atom is -0.481 e. The van der Waals surface area contributed by atoms with Crippen molar-refractivity contribution in [1.82, 2.24) is 5.32 Å². The lowest BCUT2D eigenvalue weighted by Gasteiger charge is -2.23. The number of carboxylic acids is 1. The average Bonchev–Trinajstić information content (AvgIpc) is 2.34. The van der Waals surface area contributed by atoms with E-state index in [1.165, 1.54) is 6.08 Å². The Hall–Kier alpha value is -2.18. The van der Waals surface area contributed by atoms with Crippen molar-refractivity contribution in [2.75, 3.05) is 0 Å². The lowest BCUT2D eigenvalue weighted by Crippen LogP contribution is -2.46. The van der Waals surface area contributed by atoms with Crippen LogP contribution in [0.3, 0.4) is 0 Å². The van der Waals surface area contributed by atoms with Crippen molar-refractivity contribution in [3.05, 3.63) is 12.2 Å². The van der Waals surface area contributed by atoms with Crippen molar-refractivity contribution in [1.29, 1.82) is 0 Å². The van der Waals surface area contributed by atoms with E-state index in [-0.39, 0.29) is 5.41 Å². The van der Waals surface area contributed by atoms with Gasteiger partial charge in [-0.2, -0.15) is 0 Å². The molecule has 7 heteroatoms. The molecule has 2 atom stereocenters. The van der Waals surface area contributed by atoms with Crippen LogP contribution in [0, 0.1) is 11.3 Å². The molecule has 0 radical (unpaired) electrons. The number of amides is 1. The summed E-state index contributed by atoms with van der Waals surface area (Å²) < 4.78 is 5.03. The third kappa shape index (κ3) is 9.76. The Labute approximate surface area is 142 Å². The molecule has 1 amide bonds. The molecule has 1 unspecified atom stereocenters. The summed E-state index contributed by atoms with van der Waals surface area (Å²) in [6, 6.07) is -1.35. The van der Waals surface area contributed by atoms with Crippen LogP contribution in [0.5, 0.6) is 0 Å². The molecule has 0 aromatic rings. The highest BCUT2D eigenvalue weighted by Gasteiger charge is 2.30. The number of hydrogen-bond donors (Lipinski definition) is 2. The van der Waals surface area contributed by atoms with Crippen molar-refractivity contribution >= 4 is 24.1 Å². The monoisotopic (exact) mass is 341 g/mol. The zero-order valence-corrected chi connectivity index (χ0v) is 15.1. The molecule has 0 heterocycles. The molecule has 0 aliphatic heterocycles. The summed E-state index contributed by atoms with van der Waals surface area (Å²) in [5.41, 5.74) is -1.04.